The summed E-state index contributed by atoms with van der Waals surface area (Å²) in [4.78, 5) is 29.1. The minimum Gasteiger partial charge on any atom is -0.493 e. The van der Waals surface area contributed by atoms with Gasteiger partial charge in [0.15, 0.2) is 15.8 Å². The fraction of sp³-hybridized carbons (Fsp3) is 0.120. The first-order valence-corrected chi connectivity index (χ1v) is 12.1. The number of methoxy groups -OCH3 is 1. The average Bonchev–Trinajstić information content (AvgIpc) is 3.26. The number of ether oxygens (including phenoxy) is 2. The second kappa shape index (κ2) is 11.0. The highest BCUT2D eigenvalue weighted by Gasteiger charge is 2.13. The molecule has 0 fully saturated rings. The van der Waals surface area contributed by atoms with Gasteiger partial charge >= 0.3 is 5.97 Å². The molecule has 4 aromatic rings. The Morgan fingerprint density at radius 1 is 1.09 bits per heavy atom. The van der Waals surface area contributed by atoms with Crippen molar-refractivity contribution in [1.82, 2.24) is 10.4 Å². The number of aryl methyl sites for hydroxylation is 1. The first-order valence-electron chi connectivity index (χ1n) is 10.3. The molecule has 0 atom stereocenters. The molecule has 0 saturated heterocycles. The second-order valence-electron chi connectivity index (χ2n) is 7.20. The monoisotopic (exact) mass is 491 g/mol. The first kappa shape index (κ1) is 23.5. The fourth-order valence-corrected chi connectivity index (χ4v) is 4.81. The highest BCUT2D eigenvalue weighted by Crippen LogP contribution is 2.30. The molecule has 1 N–H and O–H groups in total. The van der Waals surface area contributed by atoms with E-state index < -0.39 is 5.97 Å². The summed E-state index contributed by atoms with van der Waals surface area (Å²) in [6.07, 6.45) is 1.48. The van der Waals surface area contributed by atoms with E-state index in [4.69, 9.17) is 9.47 Å². The van der Waals surface area contributed by atoms with Crippen molar-refractivity contribution in [3.05, 3.63) is 83.4 Å². The number of hydrazone groups is 1. The molecule has 0 bridgehead atoms. The number of carbonyl (C=O) groups is 2. The van der Waals surface area contributed by atoms with Crippen LogP contribution in [0.1, 0.15) is 21.5 Å². The van der Waals surface area contributed by atoms with Gasteiger partial charge in [-0.05, 0) is 55.0 Å². The highest BCUT2D eigenvalue weighted by molar-refractivity contribution is 8.01. The summed E-state index contributed by atoms with van der Waals surface area (Å²) < 4.78 is 12.7. The molecule has 7 nitrogen and oxygen atoms in total. The largest absolute Gasteiger partial charge is 0.493 e. The van der Waals surface area contributed by atoms with E-state index in [-0.39, 0.29) is 17.4 Å². The summed E-state index contributed by atoms with van der Waals surface area (Å²) in [5.41, 5.74) is 5.54. The van der Waals surface area contributed by atoms with Crippen LogP contribution in [0, 0.1) is 6.92 Å². The number of carbonyl (C=O) groups excluding carboxylic acids is 2. The Kier molecular flexibility index (Phi) is 7.56. The lowest BCUT2D eigenvalue weighted by atomic mass is 10.1. The van der Waals surface area contributed by atoms with Gasteiger partial charge in [0.05, 0.1) is 34.9 Å². The zero-order chi connectivity index (χ0) is 23.9. The molecule has 4 rings (SSSR count). The maximum atomic E-state index is 12.5. The highest BCUT2D eigenvalue weighted by atomic mass is 32.2. The van der Waals surface area contributed by atoms with Crippen LogP contribution in [0.3, 0.4) is 0 Å². The van der Waals surface area contributed by atoms with Crippen molar-refractivity contribution in [3.63, 3.8) is 0 Å². The van der Waals surface area contributed by atoms with Gasteiger partial charge in [0.2, 0.25) is 0 Å². The summed E-state index contributed by atoms with van der Waals surface area (Å²) in [7, 11) is 1.50. The maximum absolute atomic E-state index is 12.5. The number of hydrogen-bond acceptors (Lipinski definition) is 8. The van der Waals surface area contributed by atoms with Gasteiger partial charge in [-0.1, -0.05) is 41.6 Å². The number of amides is 1. The molecule has 0 radical (unpaired) electrons. The Morgan fingerprint density at radius 2 is 1.88 bits per heavy atom. The van der Waals surface area contributed by atoms with Crippen molar-refractivity contribution in [2.45, 2.75) is 11.3 Å². The molecule has 0 aliphatic rings. The topological polar surface area (TPSA) is 89.9 Å². The van der Waals surface area contributed by atoms with Crippen LogP contribution in [0.4, 0.5) is 0 Å². The number of rotatable bonds is 8. The smallest absolute Gasteiger partial charge is 0.343 e. The molecule has 172 valence electrons. The molecule has 1 amide bonds. The second-order valence-corrected chi connectivity index (χ2v) is 9.45. The van der Waals surface area contributed by atoms with Gasteiger partial charge in [-0.25, -0.2) is 15.2 Å². The lowest BCUT2D eigenvalue weighted by Gasteiger charge is -2.10. The van der Waals surface area contributed by atoms with E-state index in [9.17, 15) is 9.59 Å². The Bertz CT molecular complexity index is 1320. The quantitative estimate of drug-likeness (QED) is 0.122. The number of nitrogens with one attached hydrogen (secondary N) is 1. The number of thioether (sulfide) groups is 1. The van der Waals surface area contributed by atoms with Gasteiger partial charge in [0, 0.05) is 0 Å². The summed E-state index contributed by atoms with van der Waals surface area (Å²) >= 11 is 2.91. The van der Waals surface area contributed by atoms with Crippen molar-refractivity contribution >= 4 is 51.4 Å². The Labute approximate surface area is 204 Å². The Balaban J connectivity index is 1.35. The number of thiazole rings is 1. The molecule has 34 heavy (non-hydrogen) atoms. The SMILES string of the molecule is COc1ccc(/C=N\NC(=O)CSc2nc3ccccc3s2)cc1OC(=O)c1ccc(C)cc1. The van der Waals surface area contributed by atoms with E-state index in [1.54, 1.807) is 41.7 Å². The van der Waals surface area contributed by atoms with Crippen LogP contribution in [0.15, 0.2) is 76.2 Å². The lowest BCUT2D eigenvalue weighted by Crippen LogP contribution is -2.19. The zero-order valence-corrected chi connectivity index (χ0v) is 20.1. The van der Waals surface area contributed by atoms with Crippen molar-refractivity contribution in [2.75, 3.05) is 12.9 Å². The van der Waals surface area contributed by atoms with Crippen molar-refractivity contribution in [3.8, 4) is 11.5 Å². The zero-order valence-electron chi connectivity index (χ0n) is 18.5. The van der Waals surface area contributed by atoms with Crippen LogP contribution in [0.5, 0.6) is 11.5 Å². The number of hydrogen-bond donors (Lipinski definition) is 1. The minimum atomic E-state index is -0.493. The van der Waals surface area contributed by atoms with E-state index in [2.05, 4.69) is 15.5 Å². The van der Waals surface area contributed by atoms with Crippen LogP contribution >= 0.6 is 23.1 Å². The van der Waals surface area contributed by atoms with E-state index in [0.29, 0.717) is 16.9 Å². The number of benzene rings is 3. The summed E-state index contributed by atoms with van der Waals surface area (Å²) in [6.45, 7) is 1.94. The van der Waals surface area contributed by atoms with Crippen molar-refractivity contribution in [2.24, 2.45) is 5.10 Å². The van der Waals surface area contributed by atoms with Crippen LogP contribution in [0.25, 0.3) is 10.2 Å². The molecule has 1 heterocycles. The van der Waals surface area contributed by atoms with Gasteiger partial charge in [0.25, 0.3) is 5.91 Å². The standard InChI is InChI=1S/C25H21N3O4S2/c1-16-7-10-18(11-8-16)24(30)32-21-13-17(9-12-20(21)31-2)14-26-28-23(29)15-33-25-27-19-5-3-4-6-22(19)34-25/h3-14H,15H2,1-2H3,(H,28,29)/b26-14-. The van der Waals surface area contributed by atoms with Crippen molar-refractivity contribution < 1.29 is 19.1 Å². The number of esters is 1. The van der Waals surface area contributed by atoms with Gasteiger partial charge in [-0.3, -0.25) is 4.79 Å². The summed E-state index contributed by atoms with van der Waals surface area (Å²) in [5.74, 6) is 0.121. The summed E-state index contributed by atoms with van der Waals surface area (Å²) in [6, 6.07) is 20.0. The van der Waals surface area contributed by atoms with Gasteiger partial charge in [-0.15, -0.1) is 11.3 Å². The van der Waals surface area contributed by atoms with Crippen molar-refractivity contribution in [1.29, 1.82) is 0 Å². The third-order valence-corrected chi connectivity index (χ3v) is 6.86. The third kappa shape index (κ3) is 6.00. The molecule has 0 aliphatic heterocycles. The van der Waals surface area contributed by atoms with Crippen LogP contribution in [-0.2, 0) is 4.79 Å². The molecule has 0 spiro atoms. The number of fused-ring (bicyclic) bond motifs is 1. The maximum Gasteiger partial charge on any atom is 0.343 e. The molecular weight excluding hydrogens is 470 g/mol. The van der Waals surface area contributed by atoms with Gasteiger partial charge in [-0.2, -0.15) is 5.10 Å². The molecule has 3 aromatic carbocycles. The molecule has 0 saturated carbocycles. The van der Waals surface area contributed by atoms with E-state index in [0.717, 1.165) is 20.1 Å². The van der Waals surface area contributed by atoms with Crippen LogP contribution in [0.2, 0.25) is 0 Å². The predicted molar refractivity (Wildman–Crippen MR) is 135 cm³/mol. The van der Waals surface area contributed by atoms with Crippen LogP contribution in [-0.4, -0.2) is 35.9 Å². The van der Waals surface area contributed by atoms with E-state index in [1.165, 1.54) is 25.1 Å². The molecule has 0 aliphatic carbocycles. The van der Waals surface area contributed by atoms with Crippen LogP contribution < -0.4 is 14.9 Å². The summed E-state index contributed by atoms with van der Waals surface area (Å²) in [5, 5.41) is 4.00. The first-order chi connectivity index (χ1) is 16.5. The average molecular weight is 492 g/mol. The van der Waals surface area contributed by atoms with E-state index in [1.807, 2.05) is 43.3 Å². The van der Waals surface area contributed by atoms with E-state index >= 15 is 0 Å². The fourth-order valence-electron chi connectivity index (χ4n) is 2.95. The number of nitrogens with zero attached hydrogens (tertiary/aromatic N) is 2. The molecule has 0 unspecified atom stereocenters. The minimum absolute atomic E-state index is 0.194. The van der Waals surface area contributed by atoms with Gasteiger partial charge in [0.1, 0.15) is 0 Å². The lowest BCUT2D eigenvalue weighted by molar-refractivity contribution is -0.118. The molecule has 1 aromatic heterocycles. The normalized spacial score (nSPS) is 11.0. The molecule has 9 heteroatoms. The third-order valence-electron chi connectivity index (χ3n) is 4.68. The number of para-hydroxylation sites is 1. The Hall–Kier alpha value is -3.69. The van der Waals surface area contributed by atoms with Gasteiger partial charge < -0.3 is 9.47 Å². The Morgan fingerprint density at radius 3 is 2.65 bits per heavy atom. The predicted octanol–water partition coefficient (Wildman–Crippen LogP) is 5.07. The number of aromatic nitrogens is 1. The molecular formula is C25H21N3O4S2.